The molecule has 4 rings (SSSR count). The highest BCUT2D eigenvalue weighted by molar-refractivity contribution is 7.90. The predicted octanol–water partition coefficient (Wildman–Crippen LogP) is 2.65. The summed E-state index contributed by atoms with van der Waals surface area (Å²) in [6, 6.07) is 0. The number of aromatic nitrogens is 2. The molecule has 2 aromatic heterocycles. The fourth-order valence-corrected chi connectivity index (χ4v) is 5.02. The van der Waals surface area contributed by atoms with Gasteiger partial charge in [-0.05, 0) is 29.7 Å². The average Bonchev–Trinajstić information content (AvgIpc) is 3.06. The molecule has 0 bridgehead atoms. The number of hydrogen-bond acceptors (Lipinski definition) is 6. The van der Waals surface area contributed by atoms with Gasteiger partial charge in [-0.25, -0.2) is 4.98 Å². The molecule has 124 valence electrons. The van der Waals surface area contributed by atoms with Crippen molar-refractivity contribution in [1.82, 2.24) is 14.4 Å². The fraction of sp³-hybridized carbons (Fsp3) is 0.143. The van der Waals surface area contributed by atoms with Crippen molar-refractivity contribution in [1.29, 1.82) is 0 Å². The van der Waals surface area contributed by atoms with E-state index in [9.17, 15) is 13.6 Å². The minimum Gasteiger partial charge on any atom is -0.289 e. The maximum absolute atomic E-state index is 12.7. The van der Waals surface area contributed by atoms with Gasteiger partial charge in [0.1, 0.15) is 0 Å². The Morgan fingerprint density at radius 2 is 2.21 bits per heavy atom. The van der Waals surface area contributed by atoms with Crippen LogP contribution in [0.15, 0.2) is 56.6 Å². The molecule has 0 saturated carbocycles. The van der Waals surface area contributed by atoms with Crippen LogP contribution in [0.4, 0.5) is 0 Å². The minimum absolute atomic E-state index is 0.0900. The van der Waals surface area contributed by atoms with Crippen LogP contribution >= 0.6 is 22.9 Å². The molecule has 3 heterocycles. The lowest BCUT2D eigenvalue weighted by atomic mass is 9.95. The second-order valence-corrected chi connectivity index (χ2v) is 8.01. The minimum atomic E-state index is -4.00. The second-order valence-electron chi connectivity index (χ2n) is 5.25. The lowest BCUT2D eigenvalue weighted by Gasteiger charge is -2.23. The molecule has 0 amide bonds. The molecule has 1 aliphatic heterocycles. The molecule has 0 spiro atoms. The van der Waals surface area contributed by atoms with Crippen molar-refractivity contribution in [2.45, 2.75) is 11.4 Å². The molecule has 0 aromatic carbocycles. The lowest BCUT2D eigenvalue weighted by molar-refractivity contribution is -0.0428. The number of rotatable bonds is 2. The Morgan fingerprint density at radius 3 is 3.04 bits per heavy atom. The number of allylic oxidation sites excluding steroid dienone is 4. The molecule has 7 nitrogen and oxygen atoms in total. The molecular weight excluding hydrogens is 372 g/mol. The number of imidazole rings is 1. The molecule has 0 atom stereocenters. The van der Waals surface area contributed by atoms with Gasteiger partial charge in [-0.2, -0.15) is 12.8 Å². The monoisotopic (exact) mass is 382 g/mol. The van der Waals surface area contributed by atoms with E-state index in [-0.39, 0.29) is 10.2 Å². The number of fused-ring (bicyclic) bond motifs is 2. The van der Waals surface area contributed by atoms with Crippen LogP contribution in [0.25, 0.3) is 4.96 Å². The first-order valence-electron chi connectivity index (χ1n) is 6.96. The van der Waals surface area contributed by atoms with Crippen LogP contribution in [0.3, 0.4) is 0 Å². The Bertz CT molecular complexity index is 1060. The number of nitrogens with zero attached hydrogens (tertiary/aromatic N) is 4. The van der Waals surface area contributed by atoms with Crippen LogP contribution in [0.1, 0.15) is 6.42 Å². The van der Waals surface area contributed by atoms with Crippen molar-refractivity contribution >= 4 is 43.6 Å². The van der Waals surface area contributed by atoms with Gasteiger partial charge in [0, 0.05) is 24.3 Å². The van der Waals surface area contributed by atoms with Crippen LogP contribution in [0.5, 0.6) is 0 Å². The Morgan fingerprint density at radius 1 is 1.38 bits per heavy atom. The quantitative estimate of drug-likeness (QED) is 0.862. The zero-order valence-corrected chi connectivity index (χ0v) is 14.5. The average molecular weight is 383 g/mol. The molecular formula is C14H11ClN4O3S2. The van der Waals surface area contributed by atoms with E-state index in [0.717, 1.165) is 16.2 Å². The standard InChI is InChI=1S/C14H11ClN4O3S2/c15-12-13(19-5-6-23-14(19)16-12)24(21,22)17-11-2-1-10-8-18(20)4-3-9(10)7-11/h1-2,5-8,20H,3-4H2. The first-order chi connectivity index (χ1) is 11.4. The van der Waals surface area contributed by atoms with Gasteiger partial charge < -0.3 is 0 Å². The number of hydrogen-bond donors (Lipinski definition) is 1. The van der Waals surface area contributed by atoms with Crippen molar-refractivity contribution in [2.75, 3.05) is 6.54 Å². The smallest absolute Gasteiger partial charge is 0.289 e. The molecule has 2 aliphatic rings. The summed E-state index contributed by atoms with van der Waals surface area (Å²) in [7, 11) is -4.00. The largest absolute Gasteiger partial charge is 0.302 e. The highest BCUT2D eigenvalue weighted by atomic mass is 35.5. The van der Waals surface area contributed by atoms with Crippen LogP contribution < -0.4 is 0 Å². The van der Waals surface area contributed by atoms with Gasteiger partial charge in [-0.3, -0.25) is 14.7 Å². The lowest BCUT2D eigenvalue weighted by Crippen LogP contribution is -2.21. The topological polar surface area (TPSA) is 87.3 Å². The van der Waals surface area contributed by atoms with Crippen molar-refractivity contribution in [3.63, 3.8) is 0 Å². The summed E-state index contributed by atoms with van der Waals surface area (Å²) in [5, 5.41) is 12.1. The summed E-state index contributed by atoms with van der Waals surface area (Å²) in [6.45, 7) is 0.452. The van der Waals surface area contributed by atoms with E-state index >= 15 is 0 Å². The maximum atomic E-state index is 12.7. The van der Waals surface area contributed by atoms with Crippen LogP contribution in [0, 0.1) is 0 Å². The summed E-state index contributed by atoms with van der Waals surface area (Å²) < 4.78 is 30.6. The Balaban J connectivity index is 1.77. The molecule has 0 radical (unpaired) electrons. The first-order valence-corrected chi connectivity index (χ1v) is 9.66. The zero-order valence-electron chi connectivity index (χ0n) is 12.1. The molecule has 0 fully saturated rings. The second kappa shape index (κ2) is 5.55. The molecule has 24 heavy (non-hydrogen) atoms. The zero-order chi connectivity index (χ0) is 16.9. The van der Waals surface area contributed by atoms with Gasteiger partial charge in [0.05, 0.1) is 5.71 Å². The van der Waals surface area contributed by atoms with Gasteiger partial charge in [0.2, 0.25) is 5.03 Å². The summed E-state index contributed by atoms with van der Waals surface area (Å²) in [5.74, 6) is 0. The van der Waals surface area contributed by atoms with E-state index < -0.39 is 10.0 Å². The third-order valence-electron chi connectivity index (χ3n) is 3.67. The maximum Gasteiger partial charge on any atom is 0.302 e. The Hall–Kier alpha value is -1.94. The summed E-state index contributed by atoms with van der Waals surface area (Å²) in [4.78, 5) is 4.53. The van der Waals surface area contributed by atoms with Gasteiger partial charge in [0.15, 0.2) is 10.1 Å². The van der Waals surface area contributed by atoms with Crippen molar-refractivity contribution < 1.29 is 13.6 Å². The van der Waals surface area contributed by atoms with Crippen LogP contribution in [-0.4, -0.2) is 40.3 Å². The number of thiazole rings is 1. The Kier molecular flexibility index (Phi) is 3.61. The number of halogens is 1. The van der Waals surface area contributed by atoms with Crippen molar-refractivity contribution in [2.24, 2.45) is 4.40 Å². The van der Waals surface area contributed by atoms with E-state index in [1.165, 1.54) is 15.7 Å². The van der Waals surface area contributed by atoms with Crippen molar-refractivity contribution in [3.8, 4) is 0 Å². The molecule has 2 aromatic rings. The Labute approximate surface area is 146 Å². The van der Waals surface area contributed by atoms with Gasteiger partial charge >= 0.3 is 10.0 Å². The van der Waals surface area contributed by atoms with E-state index in [1.807, 2.05) is 0 Å². The molecule has 1 N–H and O–H groups in total. The first kappa shape index (κ1) is 15.6. The van der Waals surface area contributed by atoms with E-state index in [2.05, 4.69) is 9.38 Å². The SMILES string of the molecule is O=S(=O)(N=C1C=CC2=CN(O)CCC2=C1)c1c(Cl)nc2sccn12. The molecule has 10 heteroatoms. The predicted molar refractivity (Wildman–Crippen MR) is 91.1 cm³/mol. The molecule has 0 unspecified atom stereocenters. The van der Waals surface area contributed by atoms with E-state index in [0.29, 0.717) is 23.6 Å². The fourth-order valence-electron chi connectivity index (χ4n) is 2.60. The molecule has 0 saturated heterocycles. The van der Waals surface area contributed by atoms with Crippen LogP contribution in [0.2, 0.25) is 5.15 Å². The highest BCUT2D eigenvalue weighted by Gasteiger charge is 2.25. The van der Waals surface area contributed by atoms with E-state index in [4.69, 9.17) is 11.6 Å². The van der Waals surface area contributed by atoms with Gasteiger partial charge in [-0.1, -0.05) is 17.7 Å². The molecule has 1 aliphatic carbocycles. The number of hydroxylamine groups is 2. The van der Waals surface area contributed by atoms with Crippen molar-refractivity contribution in [3.05, 3.63) is 52.3 Å². The van der Waals surface area contributed by atoms with E-state index in [1.54, 1.807) is 36.0 Å². The third-order valence-corrected chi connectivity index (χ3v) is 6.14. The van der Waals surface area contributed by atoms with Crippen LogP contribution in [-0.2, 0) is 10.0 Å². The summed E-state index contributed by atoms with van der Waals surface area (Å²) in [6.07, 6.45) is 8.82. The highest BCUT2D eigenvalue weighted by Crippen LogP contribution is 2.28. The normalized spacial score (nSPS) is 19.6. The van der Waals surface area contributed by atoms with Gasteiger partial charge in [-0.15, -0.1) is 11.3 Å². The third kappa shape index (κ3) is 2.59. The summed E-state index contributed by atoms with van der Waals surface area (Å²) in [5.41, 5.74) is 2.08. The summed E-state index contributed by atoms with van der Waals surface area (Å²) >= 11 is 7.28. The number of sulfonamides is 1. The van der Waals surface area contributed by atoms with Gasteiger partial charge in [0.25, 0.3) is 0 Å².